The number of nitrogens with two attached hydrogens (primary N) is 2. The molecular weight excluding hydrogens is 284 g/mol. The van der Waals surface area contributed by atoms with Crippen molar-refractivity contribution in [3.63, 3.8) is 0 Å². The fourth-order valence-corrected chi connectivity index (χ4v) is 1.76. The largest absolute Gasteiger partial charge is 0.482 e. The van der Waals surface area contributed by atoms with Gasteiger partial charge in [0, 0.05) is 0 Å². The van der Waals surface area contributed by atoms with Crippen LogP contribution < -0.4 is 16.2 Å². The van der Waals surface area contributed by atoms with Crippen LogP contribution in [0.25, 0.3) is 0 Å². The minimum absolute atomic E-state index is 0.180. The van der Waals surface area contributed by atoms with Gasteiger partial charge >= 0.3 is 5.97 Å². The number of anilines is 1. The van der Waals surface area contributed by atoms with Crippen LogP contribution >= 0.6 is 0 Å². The Morgan fingerprint density at radius 3 is 2.41 bits per heavy atom. The number of esters is 1. The highest BCUT2D eigenvalue weighted by molar-refractivity contribution is 5.91. The van der Waals surface area contributed by atoms with Crippen molar-refractivity contribution in [3.8, 4) is 5.75 Å². The zero-order chi connectivity index (χ0) is 15.9. The van der Waals surface area contributed by atoms with Crippen LogP contribution in [0, 0.1) is 0 Å². The molecule has 0 aliphatic carbocycles. The van der Waals surface area contributed by atoms with Crippen molar-refractivity contribution < 1.29 is 19.1 Å². The van der Waals surface area contributed by atoms with Gasteiger partial charge in [-0.15, -0.1) is 0 Å². The summed E-state index contributed by atoms with van der Waals surface area (Å²) in [5.74, 6) is -0.804. The molecule has 2 aromatic carbocycles. The Morgan fingerprint density at radius 2 is 1.77 bits per heavy atom. The molecule has 0 aliphatic rings. The standard InChI is InChI=1S/C16H16N2O4/c17-13-8-12(6-7-14(13)21-10-15(18)19)16(20)22-9-11-4-2-1-3-5-11/h1-8H,9-10,17H2,(H2,18,19). The van der Waals surface area contributed by atoms with E-state index in [-0.39, 0.29) is 18.9 Å². The second-order valence-electron chi connectivity index (χ2n) is 4.57. The summed E-state index contributed by atoms with van der Waals surface area (Å²) in [5.41, 5.74) is 12.2. The number of benzene rings is 2. The van der Waals surface area contributed by atoms with Gasteiger partial charge in [0.2, 0.25) is 0 Å². The van der Waals surface area contributed by atoms with Gasteiger partial charge in [-0.25, -0.2) is 4.79 Å². The van der Waals surface area contributed by atoms with Gasteiger partial charge in [0.25, 0.3) is 5.91 Å². The third-order valence-corrected chi connectivity index (χ3v) is 2.83. The Bertz CT molecular complexity index is 671. The van der Waals surface area contributed by atoms with Crippen LogP contribution in [-0.4, -0.2) is 18.5 Å². The molecule has 1 amide bonds. The topological polar surface area (TPSA) is 105 Å². The van der Waals surface area contributed by atoms with Gasteiger partial charge in [0.05, 0.1) is 11.3 Å². The Morgan fingerprint density at radius 1 is 1.05 bits per heavy atom. The van der Waals surface area contributed by atoms with E-state index < -0.39 is 11.9 Å². The molecule has 6 nitrogen and oxygen atoms in total. The molecule has 0 radical (unpaired) electrons. The number of nitrogen functional groups attached to an aromatic ring is 1. The van der Waals surface area contributed by atoms with Crippen LogP contribution in [0.4, 0.5) is 5.69 Å². The Balaban J connectivity index is 1.98. The maximum atomic E-state index is 12.0. The van der Waals surface area contributed by atoms with Crippen molar-refractivity contribution in [1.82, 2.24) is 0 Å². The normalized spacial score (nSPS) is 10.0. The zero-order valence-electron chi connectivity index (χ0n) is 11.8. The smallest absolute Gasteiger partial charge is 0.338 e. The molecule has 2 aromatic rings. The van der Waals surface area contributed by atoms with E-state index in [0.717, 1.165) is 5.56 Å². The number of carbonyl (C=O) groups is 2. The van der Waals surface area contributed by atoms with Gasteiger partial charge in [0.1, 0.15) is 12.4 Å². The summed E-state index contributed by atoms with van der Waals surface area (Å²) in [4.78, 5) is 22.6. The van der Waals surface area contributed by atoms with Crippen LogP contribution in [0.1, 0.15) is 15.9 Å². The maximum Gasteiger partial charge on any atom is 0.338 e. The maximum absolute atomic E-state index is 12.0. The minimum Gasteiger partial charge on any atom is -0.482 e. The molecule has 0 unspecified atom stereocenters. The predicted octanol–water partition coefficient (Wildman–Crippen LogP) is 1.49. The molecule has 0 aliphatic heterocycles. The first-order chi connectivity index (χ1) is 10.6. The summed E-state index contributed by atoms with van der Waals surface area (Å²) < 4.78 is 10.3. The molecule has 0 atom stereocenters. The van der Waals surface area contributed by atoms with Gasteiger partial charge in [-0.2, -0.15) is 0 Å². The molecule has 0 heterocycles. The molecule has 114 valence electrons. The van der Waals surface area contributed by atoms with E-state index in [2.05, 4.69) is 0 Å². The van der Waals surface area contributed by atoms with E-state index in [1.54, 1.807) is 0 Å². The Labute approximate surface area is 127 Å². The third kappa shape index (κ3) is 4.24. The molecule has 0 fully saturated rings. The average molecular weight is 300 g/mol. The molecule has 0 aromatic heterocycles. The lowest BCUT2D eigenvalue weighted by Gasteiger charge is -2.09. The molecule has 4 N–H and O–H groups in total. The number of amides is 1. The van der Waals surface area contributed by atoms with E-state index in [1.807, 2.05) is 30.3 Å². The second kappa shape index (κ2) is 7.12. The monoisotopic (exact) mass is 300 g/mol. The van der Waals surface area contributed by atoms with Crippen LogP contribution in [0.15, 0.2) is 48.5 Å². The molecule has 0 bridgehead atoms. The molecule has 0 spiro atoms. The first-order valence-corrected chi connectivity index (χ1v) is 6.58. The number of hydrogen-bond acceptors (Lipinski definition) is 5. The molecule has 6 heteroatoms. The number of ether oxygens (including phenoxy) is 2. The number of carbonyl (C=O) groups excluding carboxylic acids is 2. The molecular formula is C16H16N2O4. The zero-order valence-corrected chi connectivity index (χ0v) is 11.8. The summed E-state index contributed by atoms with van der Waals surface area (Å²) in [6.07, 6.45) is 0. The van der Waals surface area contributed by atoms with Crippen molar-refractivity contribution in [2.24, 2.45) is 5.73 Å². The van der Waals surface area contributed by atoms with Crippen LogP contribution in [0.3, 0.4) is 0 Å². The van der Waals surface area contributed by atoms with Gasteiger partial charge in [0.15, 0.2) is 6.61 Å². The summed E-state index contributed by atoms with van der Waals surface area (Å²) in [7, 11) is 0. The molecule has 2 rings (SSSR count). The second-order valence-corrected chi connectivity index (χ2v) is 4.57. The Hall–Kier alpha value is -3.02. The van der Waals surface area contributed by atoms with Crippen LogP contribution in [0.2, 0.25) is 0 Å². The fraction of sp³-hybridized carbons (Fsp3) is 0.125. The first-order valence-electron chi connectivity index (χ1n) is 6.58. The van der Waals surface area contributed by atoms with Crippen molar-refractivity contribution in [2.75, 3.05) is 12.3 Å². The number of rotatable bonds is 6. The first kappa shape index (κ1) is 15.4. The van der Waals surface area contributed by atoms with Gasteiger partial charge in [-0.1, -0.05) is 30.3 Å². The third-order valence-electron chi connectivity index (χ3n) is 2.83. The average Bonchev–Trinajstić information content (AvgIpc) is 2.52. The highest BCUT2D eigenvalue weighted by Gasteiger charge is 2.11. The van der Waals surface area contributed by atoms with E-state index >= 15 is 0 Å². The van der Waals surface area contributed by atoms with Gasteiger partial charge < -0.3 is 20.9 Å². The van der Waals surface area contributed by atoms with E-state index in [1.165, 1.54) is 18.2 Å². The van der Waals surface area contributed by atoms with Gasteiger partial charge in [-0.3, -0.25) is 4.79 Å². The van der Waals surface area contributed by atoms with Crippen LogP contribution in [0.5, 0.6) is 5.75 Å². The lowest BCUT2D eigenvalue weighted by Crippen LogP contribution is -2.20. The summed E-state index contributed by atoms with van der Waals surface area (Å²) >= 11 is 0. The highest BCUT2D eigenvalue weighted by atomic mass is 16.5. The SMILES string of the molecule is NC(=O)COc1ccc(C(=O)OCc2ccccc2)cc1N. The quantitative estimate of drug-likeness (QED) is 0.621. The summed E-state index contributed by atoms with van der Waals surface area (Å²) in [5, 5.41) is 0. The molecule has 0 saturated carbocycles. The van der Waals surface area contributed by atoms with Crippen molar-refractivity contribution in [1.29, 1.82) is 0 Å². The summed E-state index contributed by atoms with van der Waals surface area (Å²) in [6, 6.07) is 13.8. The van der Waals surface area contributed by atoms with Crippen LogP contribution in [-0.2, 0) is 16.1 Å². The fourth-order valence-electron chi connectivity index (χ4n) is 1.76. The van der Waals surface area contributed by atoms with Crippen molar-refractivity contribution >= 4 is 17.6 Å². The molecule has 0 saturated heterocycles. The number of primary amides is 1. The summed E-state index contributed by atoms with van der Waals surface area (Å²) in [6.45, 7) is -0.0957. The van der Waals surface area contributed by atoms with E-state index in [9.17, 15) is 9.59 Å². The molecule has 22 heavy (non-hydrogen) atoms. The lowest BCUT2D eigenvalue weighted by molar-refractivity contribution is -0.119. The van der Waals surface area contributed by atoms with E-state index in [4.69, 9.17) is 20.9 Å². The lowest BCUT2D eigenvalue weighted by atomic mass is 10.2. The Kier molecular flexibility index (Phi) is 4.98. The minimum atomic E-state index is -0.606. The van der Waals surface area contributed by atoms with Gasteiger partial charge in [-0.05, 0) is 23.8 Å². The van der Waals surface area contributed by atoms with Crippen molar-refractivity contribution in [2.45, 2.75) is 6.61 Å². The van der Waals surface area contributed by atoms with Crippen molar-refractivity contribution in [3.05, 3.63) is 59.7 Å². The predicted molar refractivity (Wildman–Crippen MR) is 81.1 cm³/mol. The number of hydrogen-bond donors (Lipinski definition) is 2. The van der Waals surface area contributed by atoms with E-state index in [0.29, 0.717) is 11.3 Å². The highest BCUT2D eigenvalue weighted by Crippen LogP contribution is 2.23.